The number of hydrogen-bond acceptors (Lipinski definition) is 2. The van der Waals surface area contributed by atoms with Crippen molar-refractivity contribution in [2.45, 2.75) is 85.0 Å². The lowest BCUT2D eigenvalue weighted by molar-refractivity contribution is 0.0978. The van der Waals surface area contributed by atoms with Gasteiger partial charge in [-0.1, -0.05) is 82.6 Å². The Kier molecular flexibility index (Phi) is 8.15. The van der Waals surface area contributed by atoms with E-state index in [1.165, 1.54) is 44.9 Å². The summed E-state index contributed by atoms with van der Waals surface area (Å²) in [5.74, 6) is 0.250. The molecule has 0 aromatic heterocycles. The normalized spacial score (nSPS) is 11.2. The van der Waals surface area contributed by atoms with Crippen LogP contribution in [0.3, 0.4) is 0 Å². The maximum Gasteiger partial charge on any atom is 0.163 e. The highest BCUT2D eigenvalue weighted by Crippen LogP contribution is 2.32. The van der Waals surface area contributed by atoms with Crippen LogP contribution in [0.5, 0.6) is 0 Å². The Morgan fingerprint density at radius 1 is 0.808 bits per heavy atom. The molecule has 2 nitrogen and oxygen atoms in total. The number of Topliss-reactive ketones (excluding diaryl/α,β-unsaturated/α-hetero) is 1. The molecule has 0 bridgehead atoms. The molecular formula is C24H35NO. The van der Waals surface area contributed by atoms with Crippen LogP contribution in [-0.4, -0.2) is 5.78 Å². The van der Waals surface area contributed by atoms with E-state index in [0.29, 0.717) is 6.42 Å². The molecule has 0 saturated carbocycles. The van der Waals surface area contributed by atoms with Crippen molar-refractivity contribution in [2.75, 3.05) is 5.73 Å². The van der Waals surface area contributed by atoms with Crippen molar-refractivity contribution in [2.24, 2.45) is 0 Å². The van der Waals surface area contributed by atoms with E-state index in [9.17, 15) is 4.79 Å². The SMILES string of the molecule is CCCCCCCCCCCC(=O)c1c(C)c(N)c2ccccc2c1C. The van der Waals surface area contributed by atoms with Crippen LogP contribution in [-0.2, 0) is 0 Å². The molecule has 0 amide bonds. The number of fused-ring (bicyclic) bond motifs is 1. The first-order valence-corrected chi connectivity index (χ1v) is 10.4. The Balaban J connectivity index is 1.88. The first kappa shape index (κ1) is 20.5. The largest absolute Gasteiger partial charge is 0.398 e. The number of nitrogens with two attached hydrogens (primary N) is 1. The Hall–Kier alpha value is -1.83. The van der Waals surface area contributed by atoms with Crippen LogP contribution < -0.4 is 5.73 Å². The third kappa shape index (κ3) is 5.09. The van der Waals surface area contributed by atoms with Crippen molar-refractivity contribution in [3.8, 4) is 0 Å². The summed E-state index contributed by atoms with van der Waals surface area (Å²) < 4.78 is 0. The minimum absolute atomic E-state index is 0.250. The molecule has 2 aromatic carbocycles. The van der Waals surface area contributed by atoms with Crippen LogP contribution in [0.15, 0.2) is 24.3 Å². The molecule has 0 unspecified atom stereocenters. The predicted molar refractivity (Wildman–Crippen MR) is 114 cm³/mol. The van der Waals surface area contributed by atoms with E-state index in [2.05, 4.69) is 19.9 Å². The molecule has 0 aliphatic rings. The Labute approximate surface area is 159 Å². The van der Waals surface area contributed by atoms with Gasteiger partial charge < -0.3 is 5.73 Å². The molecule has 0 fully saturated rings. The van der Waals surface area contributed by atoms with E-state index >= 15 is 0 Å². The standard InChI is InChI=1S/C24H35NO/c1-4-5-6-7-8-9-10-11-12-17-22(26)23-18(2)20-15-13-14-16-21(20)24(25)19(23)3/h13-16H,4-12,17,25H2,1-3H3. The average Bonchev–Trinajstić information content (AvgIpc) is 2.65. The van der Waals surface area contributed by atoms with Gasteiger partial charge in [-0.25, -0.2) is 0 Å². The summed E-state index contributed by atoms with van der Waals surface area (Å²) >= 11 is 0. The Bertz CT molecular complexity index is 733. The summed E-state index contributed by atoms with van der Waals surface area (Å²) in [6.45, 7) is 6.29. The fourth-order valence-electron chi connectivity index (χ4n) is 3.94. The number of unbranched alkanes of at least 4 members (excludes halogenated alkanes) is 8. The van der Waals surface area contributed by atoms with Gasteiger partial charge in [0.2, 0.25) is 0 Å². The zero-order chi connectivity index (χ0) is 18.9. The lowest BCUT2D eigenvalue weighted by Gasteiger charge is -2.15. The molecule has 2 heteroatoms. The zero-order valence-electron chi connectivity index (χ0n) is 16.9. The van der Waals surface area contributed by atoms with Gasteiger partial charge in [0.1, 0.15) is 0 Å². The summed E-state index contributed by atoms with van der Waals surface area (Å²) in [7, 11) is 0. The molecule has 0 atom stereocenters. The molecule has 2 aromatic rings. The van der Waals surface area contributed by atoms with Crippen LogP contribution in [0.4, 0.5) is 5.69 Å². The summed E-state index contributed by atoms with van der Waals surface area (Å²) in [6.07, 6.45) is 12.1. The highest BCUT2D eigenvalue weighted by Gasteiger charge is 2.17. The van der Waals surface area contributed by atoms with Gasteiger partial charge in [-0.15, -0.1) is 0 Å². The number of benzene rings is 2. The summed E-state index contributed by atoms with van der Waals surface area (Å²) in [6, 6.07) is 8.12. The van der Waals surface area contributed by atoms with Crippen molar-refractivity contribution in [3.05, 3.63) is 41.0 Å². The maximum absolute atomic E-state index is 12.8. The van der Waals surface area contributed by atoms with E-state index in [4.69, 9.17) is 5.73 Å². The molecule has 0 radical (unpaired) electrons. The second-order valence-corrected chi connectivity index (χ2v) is 7.59. The topological polar surface area (TPSA) is 43.1 Å². The van der Waals surface area contributed by atoms with E-state index in [0.717, 1.165) is 46.0 Å². The van der Waals surface area contributed by atoms with Crippen molar-refractivity contribution >= 4 is 22.2 Å². The second-order valence-electron chi connectivity index (χ2n) is 7.59. The Morgan fingerprint density at radius 2 is 1.35 bits per heavy atom. The van der Waals surface area contributed by atoms with Gasteiger partial charge in [-0.05, 0) is 36.8 Å². The highest BCUT2D eigenvalue weighted by molar-refractivity contribution is 6.08. The van der Waals surface area contributed by atoms with Gasteiger partial charge in [-0.2, -0.15) is 0 Å². The summed E-state index contributed by atoms with van der Waals surface area (Å²) in [5.41, 5.74) is 9.94. The number of nitrogen functional groups attached to an aromatic ring is 1. The van der Waals surface area contributed by atoms with Gasteiger partial charge in [0, 0.05) is 23.1 Å². The smallest absolute Gasteiger partial charge is 0.163 e. The third-order valence-corrected chi connectivity index (χ3v) is 5.56. The molecule has 0 saturated heterocycles. The van der Waals surface area contributed by atoms with Gasteiger partial charge >= 0.3 is 0 Å². The summed E-state index contributed by atoms with van der Waals surface area (Å²) in [5, 5.41) is 2.16. The van der Waals surface area contributed by atoms with Crippen molar-refractivity contribution < 1.29 is 4.79 Å². The Morgan fingerprint density at radius 3 is 1.96 bits per heavy atom. The van der Waals surface area contributed by atoms with Crippen LogP contribution in [0, 0.1) is 13.8 Å². The summed E-state index contributed by atoms with van der Waals surface area (Å²) in [4.78, 5) is 12.8. The fourth-order valence-corrected chi connectivity index (χ4v) is 3.94. The molecule has 142 valence electrons. The number of aryl methyl sites for hydroxylation is 1. The zero-order valence-corrected chi connectivity index (χ0v) is 16.9. The molecule has 0 heterocycles. The van der Waals surface area contributed by atoms with Gasteiger partial charge in [0.05, 0.1) is 0 Å². The molecule has 0 aliphatic carbocycles. The maximum atomic E-state index is 12.8. The number of carbonyl (C=O) groups excluding carboxylic acids is 1. The van der Waals surface area contributed by atoms with Crippen molar-refractivity contribution in [1.29, 1.82) is 0 Å². The third-order valence-electron chi connectivity index (χ3n) is 5.56. The molecule has 26 heavy (non-hydrogen) atoms. The van der Waals surface area contributed by atoms with Gasteiger partial charge in [-0.3, -0.25) is 4.79 Å². The highest BCUT2D eigenvalue weighted by atomic mass is 16.1. The van der Waals surface area contributed by atoms with Crippen molar-refractivity contribution in [3.63, 3.8) is 0 Å². The number of ketones is 1. The van der Waals surface area contributed by atoms with Crippen LogP contribution in [0.25, 0.3) is 10.8 Å². The molecular weight excluding hydrogens is 318 g/mol. The average molecular weight is 354 g/mol. The lowest BCUT2D eigenvalue weighted by atomic mass is 9.89. The van der Waals surface area contributed by atoms with Crippen LogP contribution in [0.1, 0.15) is 92.6 Å². The second kappa shape index (κ2) is 10.4. The fraction of sp³-hybridized carbons (Fsp3) is 0.542. The minimum atomic E-state index is 0.250. The van der Waals surface area contributed by atoms with E-state index in [1.807, 2.05) is 25.1 Å². The predicted octanol–water partition coefficient (Wildman–Crippen LogP) is 7.14. The first-order valence-electron chi connectivity index (χ1n) is 10.4. The van der Waals surface area contributed by atoms with E-state index in [1.54, 1.807) is 0 Å². The first-order chi connectivity index (χ1) is 12.6. The number of rotatable bonds is 11. The van der Waals surface area contributed by atoms with Gasteiger partial charge in [0.25, 0.3) is 0 Å². The lowest BCUT2D eigenvalue weighted by Crippen LogP contribution is -2.08. The number of anilines is 1. The molecule has 0 aliphatic heterocycles. The van der Waals surface area contributed by atoms with Crippen LogP contribution in [0.2, 0.25) is 0 Å². The van der Waals surface area contributed by atoms with Gasteiger partial charge in [0.15, 0.2) is 5.78 Å². The monoisotopic (exact) mass is 353 g/mol. The van der Waals surface area contributed by atoms with E-state index < -0.39 is 0 Å². The quantitative estimate of drug-likeness (QED) is 0.265. The van der Waals surface area contributed by atoms with Crippen molar-refractivity contribution in [1.82, 2.24) is 0 Å². The van der Waals surface area contributed by atoms with E-state index in [-0.39, 0.29) is 5.78 Å². The minimum Gasteiger partial charge on any atom is -0.398 e. The van der Waals surface area contributed by atoms with Crippen LogP contribution >= 0.6 is 0 Å². The number of carbonyl (C=O) groups is 1. The molecule has 2 N–H and O–H groups in total. The molecule has 0 spiro atoms. The number of hydrogen-bond donors (Lipinski definition) is 1. The molecule has 2 rings (SSSR count).